The molecule has 0 fully saturated rings. The van der Waals surface area contributed by atoms with Crippen LogP contribution in [-0.2, 0) is 14.3 Å². The van der Waals surface area contributed by atoms with Crippen molar-refractivity contribution in [3.05, 3.63) is 12.7 Å². The van der Waals surface area contributed by atoms with Gasteiger partial charge >= 0.3 is 5.97 Å². The summed E-state index contributed by atoms with van der Waals surface area (Å²) in [5, 5.41) is 0. The minimum absolute atomic E-state index is 0.00736. The first-order valence-electron chi connectivity index (χ1n) is 4.38. The minimum Gasteiger partial charge on any atom is -0.466 e. The molecule has 0 saturated carbocycles. The van der Waals surface area contributed by atoms with Gasteiger partial charge in [-0.25, -0.2) is 0 Å². The van der Waals surface area contributed by atoms with Crippen molar-refractivity contribution in [2.45, 2.75) is 26.7 Å². The average Bonchev–Trinajstić information content (AvgIpc) is 2.04. The predicted molar refractivity (Wildman–Crippen MR) is 50.2 cm³/mol. The van der Waals surface area contributed by atoms with Crippen LogP contribution in [0.5, 0.6) is 0 Å². The van der Waals surface area contributed by atoms with Crippen LogP contribution in [0.4, 0.5) is 0 Å². The van der Waals surface area contributed by atoms with Crippen LogP contribution < -0.4 is 0 Å². The second kappa shape index (κ2) is 6.40. The maximum atomic E-state index is 11.0. The highest BCUT2D eigenvalue weighted by molar-refractivity contribution is 5.83. The van der Waals surface area contributed by atoms with E-state index >= 15 is 0 Å². The summed E-state index contributed by atoms with van der Waals surface area (Å²) in [7, 11) is 0. The van der Waals surface area contributed by atoms with Gasteiger partial charge in [-0.15, -0.1) is 6.58 Å². The zero-order chi connectivity index (χ0) is 10.3. The zero-order valence-corrected chi connectivity index (χ0v) is 8.21. The van der Waals surface area contributed by atoms with Crippen LogP contribution in [-0.4, -0.2) is 18.4 Å². The smallest absolute Gasteiger partial charge is 0.306 e. The van der Waals surface area contributed by atoms with E-state index in [-0.39, 0.29) is 24.1 Å². The third-order valence-corrected chi connectivity index (χ3v) is 1.74. The van der Waals surface area contributed by atoms with Crippen LogP contribution in [0.25, 0.3) is 0 Å². The van der Waals surface area contributed by atoms with Gasteiger partial charge in [-0.3, -0.25) is 9.59 Å². The first kappa shape index (κ1) is 11.9. The molecule has 0 aliphatic heterocycles. The Bertz CT molecular complexity index is 196. The van der Waals surface area contributed by atoms with Gasteiger partial charge in [0.2, 0.25) is 0 Å². The fourth-order valence-electron chi connectivity index (χ4n) is 1.02. The third kappa shape index (κ3) is 5.17. The van der Waals surface area contributed by atoms with Crippen molar-refractivity contribution in [2.24, 2.45) is 5.92 Å². The van der Waals surface area contributed by atoms with Crippen molar-refractivity contribution in [3.8, 4) is 0 Å². The molecule has 0 saturated heterocycles. The van der Waals surface area contributed by atoms with E-state index in [1.165, 1.54) is 6.92 Å². The molecule has 0 bridgehead atoms. The summed E-state index contributed by atoms with van der Waals surface area (Å²) >= 11 is 0. The first-order chi connectivity index (χ1) is 6.11. The molecule has 0 aromatic heterocycles. The topological polar surface area (TPSA) is 43.4 Å². The summed E-state index contributed by atoms with van der Waals surface area (Å²) in [5.41, 5.74) is 0. The highest BCUT2D eigenvalue weighted by Gasteiger charge is 2.17. The van der Waals surface area contributed by atoms with Gasteiger partial charge in [-0.1, -0.05) is 6.08 Å². The van der Waals surface area contributed by atoms with Crippen molar-refractivity contribution in [3.63, 3.8) is 0 Å². The monoisotopic (exact) mass is 184 g/mol. The van der Waals surface area contributed by atoms with Crippen molar-refractivity contribution in [2.75, 3.05) is 6.61 Å². The molecule has 0 aliphatic rings. The van der Waals surface area contributed by atoms with E-state index in [1.807, 2.05) is 0 Å². The minimum atomic E-state index is -0.315. The number of ether oxygens (including phenoxy) is 1. The van der Waals surface area contributed by atoms with Gasteiger partial charge in [0.25, 0.3) is 0 Å². The molecule has 74 valence electrons. The highest BCUT2D eigenvalue weighted by atomic mass is 16.5. The number of rotatable bonds is 6. The number of ketones is 1. The van der Waals surface area contributed by atoms with Crippen LogP contribution in [0, 0.1) is 5.92 Å². The lowest BCUT2D eigenvalue weighted by atomic mass is 9.97. The molecule has 3 heteroatoms. The predicted octanol–water partition coefficient (Wildman–Crippen LogP) is 1.72. The van der Waals surface area contributed by atoms with Crippen molar-refractivity contribution in [1.29, 1.82) is 0 Å². The van der Waals surface area contributed by atoms with Gasteiger partial charge in [0, 0.05) is 5.92 Å². The fraction of sp³-hybridized carbons (Fsp3) is 0.600. The van der Waals surface area contributed by atoms with E-state index in [0.717, 1.165) is 0 Å². The van der Waals surface area contributed by atoms with Gasteiger partial charge in [0.15, 0.2) is 0 Å². The Morgan fingerprint density at radius 3 is 2.54 bits per heavy atom. The molecule has 0 aliphatic carbocycles. The van der Waals surface area contributed by atoms with Crippen LogP contribution >= 0.6 is 0 Å². The van der Waals surface area contributed by atoms with Crippen LogP contribution in [0.15, 0.2) is 12.7 Å². The number of hydrogen-bond donors (Lipinski definition) is 0. The molecule has 1 atom stereocenters. The number of allylic oxidation sites excluding steroid dienone is 1. The molecule has 0 amide bonds. The summed E-state index contributed by atoms with van der Waals surface area (Å²) in [6, 6.07) is 0. The third-order valence-electron chi connectivity index (χ3n) is 1.74. The normalized spacial score (nSPS) is 11.8. The molecule has 0 aromatic carbocycles. The quantitative estimate of drug-likeness (QED) is 0.466. The summed E-state index contributed by atoms with van der Waals surface area (Å²) in [5.74, 6) is -0.575. The maximum absolute atomic E-state index is 11.0. The van der Waals surface area contributed by atoms with Crippen molar-refractivity contribution < 1.29 is 14.3 Å². The van der Waals surface area contributed by atoms with E-state index in [4.69, 9.17) is 4.74 Å². The second-order valence-electron chi connectivity index (χ2n) is 2.84. The Hall–Kier alpha value is -1.12. The van der Waals surface area contributed by atoms with E-state index < -0.39 is 0 Å². The molecular weight excluding hydrogens is 168 g/mol. The molecular formula is C10H16O3. The van der Waals surface area contributed by atoms with E-state index in [1.54, 1.807) is 13.0 Å². The van der Waals surface area contributed by atoms with Crippen molar-refractivity contribution >= 4 is 11.8 Å². The maximum Gasteiger partial charge on any atom is 0.306 e. The standard InChI is InChI=1S/C10H16O3/c1-4-6-9(8(3)11)7-10(12)13-5-2/h4,9H,1,5-7H2,2-3H3. The summed E-state index contributed by atoms with van der Waals surface area (Å²) in [4.78, 5) is 22.0. The number of hydrogen-bond acceptors (Lipinski definition) is 3. The SMILES string of the molecule is C=CCC(CC(=O)OCC)C(C)=O. The fourth-order valence-corrected chi connectivity index (χ4v) is 1.02. The largest absolute Gasteiger partial charge is 0.466 e. The highest BCUT2D eigenvalue weighted by Crippen LogP contribution is 2.11. The Morgan fingerprint density at radius 2 is 2.15 bits per heavy atom. The van der Waals surface area contributed by atoms with E-state index in [9.17, 15) is 9.59 Å². The molecule has 0 heterocycles. The van der Waals surface area contributed by atoms with E-state index in [2.05, 4.69) is 6.58 Å². The van der Waals surface area contributed by atoms with Crippen LogP contribution in [0.3, 0.4) is 0 Å². The van der Waals surface area contributed by atoms with Gasteiger partial charge < -0.3 is 4.74 Å². The van der Waals surface area contributed by atoms with Gasteiger partial charge in [-0.05, 0) is 20.3 Å². The second-order valence-corrected chi connectivity index (χ2v) is 2.84. The van der Waals surface area contributed by atoms with Gasteiger partial charge in [0.05, 0.1) is 13.0 Å². The Balaban J connectivity index is 4.01. The Morgan fingerprint density at radius 1 is 1.54 bits per heavy atom. The molecule has 0 spiro atoms. The van der Waals surface area contributed by atoms with Crippen LogP contribution in [0.2, 0.25) is 0 Å². The molecule has 0 aromatic rings. The Labute approximate surface area is 78.8 Å². The molecule has 3 nitrogen and oxygen atoms in total. The molecule has 0 rings (SSSR count). The number of Topliss-reactive ketones (excluding diaryl/α,β-unsaturated/α-hetero) is 1. The molecule has 0 radical (unpaired) electrons. The van der Waals surface area contributed by atoms with Crippen molar-refractivity contribution in [1.82, 2.24) is 0 Å². The molecule has 1 unspecified atom stereocenters. The van der Waals surface area contributed by atoms with Gasteiger partial charge in [-0.2, -0.15) is 0 Å². The molecule has 13 heavy (non-hydrogen) atoms. The van der Waals surface area contributed by atoms with Gasteiger partial charge in [0.1, 0.15) is 5.78 Å². The summed E-state index contributed by atoms with van der Waals surface area (Å²) in [6.07, 6.45) is 2.34. The summed E-state index contributed by atoms with van der Waals surface area (Å²) < 4.78 is 4.74. The number of carbonyl (C=O) groups excluding carboxylic acids is 2. The Kier molecular flexibility index (Phi) is 5.85. The van der Waals surface area contributed by atoms with Crippen LogP contribution in [0.1, 0.15) is 26.7 Å². The number of carbonyl (C=O) groups is 2. The van der Waals surface area contributed by atoms with E-state index in [0.29, 0.717) is 13.0 Å². The molecule has 0 N–H and O–H groups in total. The summed E-state index contributed by atoms with van der Waals surface area (Å²) in [6.45, 7) is 7.11. The number of esters is 1. The lowest BCUT2D eigenvalue weighted by Crippen LogP contribution is -2.17. The first-order valence-corrected chi connectivity index (χ1v) is 4.38. The lowest BCUT2D eigenvalue weighted by molar-refractivity contribution is -0.145. The lowest BCUT2D eigenvalue weighted by Gasteiger charge is -2.09. The zero-order valence-electron chi connectivity index (χ0n) is 8.21. The average molecular weight is 184 g/mol.